The number of nitrogens with one attached hydrogen (secondary N) is 3. The minimum atomic E-state index is -3.72. The number of rotatable bonds is 8. The van der Waals surface area contributed by atoms with E-state index in [2.05, 4.69) is 32.5 Å². The van der Waals surface area contributed by atoms with Crippen LogP contribution in [0, 0.1) is 5.82 Å². The first kappa shape index (κ1) is 25.3. The van der Waals surface area contributed by atoms with Gasteiger partial charge in [0, 0.05) is 19.1 Å². The molecular formula is C22H28FIN4O2S. The van der Waals surface area contributed by atoms with Crippen molar-refractivity contribution >= 4 is 40.0 Å². The van der Waals surface area contributed by atoms with Crippen molar-refractivity contribution in [2.24, 2.45) is 4.99 Å². The smallest absolute Gasteiger partial charge is 0.240 e. The fraction of sp³-hybridized carbons (Fsp3) is 0.318. The zero-order valence-electron chi connectivity index (χ0n) is 17.3. The third-order valence-electron chi connectivity index (χ3n) is 4.68. The van der Waals surface area contributed by atoms with Gasteiger partial charge in [-0.2, -0.15) is 0 Å². The van der Waals surface area contributed by atoms with Gasteiger partial charge in [-0.15, -0.1) is 24.0 Å². The summed E-state index contributed by atoms with van der Waals surface area (Å²) in [5.74, 6) is 0.314. The molecule has 0 amide bonds. The van der Waals surface area contributed by atoms with E-state index in [1.54, 1.807) is 24.3 Å². The summed E-state index contributed by atoms with van der Waals surface area (Å²) in [6.45, 7) is 3.11. The van der Waals surface area contributed by atoms with Gasteiger partial charge in [0.05, 0.1) is 11.4 Å². The molecule has 168 valence electrons. The van der Waals surface area contributed by atoms with E-state index in [-0.39, 0.29) is 35.4 Å². The Bertz CT molecular complexity index is 1020. The Morgan fingerprint density at radius 2 is 1.81 bits per heavy atom. The topological polar surface area (TPSA) is 82.6 Å². The lowest BCUT2D eigenvalue weighted by Crippen LogP contribution is -2.42. The summed E-state index contributed by atoms with van der Waals surface area (Å²) in [6.07, 6.45) is 6.23. The lowest BCUT2D eigenvalue weighted by Gasteiger charge is -2.16. The molecule has 0 fully saturated rings. The molecule has 0 bridgehead atoms. The number of benzene rings is 2. The number of hydrogen-bond acceptors (Lipinski definition) is 3. The zero-order chi connectivity index (χ0) is 21.4. The number of sulfonamides is 1. The fourth-order valence-corrected chi connectivity index (χ4v) is 4.23. The van der Waals surface area contributed by atoms with Crippen molar-refractivity contribution in [3.05, 3.63) is 77.6 Å². The number of guanidine groups is 1. The Morgan fingerprint density at radius 1 is 1.10 bits per heavy atom. The van der Waals surface area contributed by atoms with Crippen LogP contribution in [-0.2, 0) is 23.1 Å². The predicted molar refractivity (Wildman–Crippen MR) is 132 cm³/mol. The number of aliphatic imine (C=N–C) groups is 1. The first-order valence-corrected chi connectivity index (χ1v) is 11.5. The van der Waals surface area contributed by atoms with Gasteiger partial charge in [-0.1, -0.05) is 36.4 Å². The molecular weight excluding hydrogens is 530 g/mol. The van der Waals surface area contributed by atoms with Crippen molar-refractivity contribution in [2.75, 3.05) is 6.54 Å². The lowest BCUT2D eigenvalue weighted by molar-refractivity contribution is 0.580. The van der Waals surface area contributed by atoms with Crippen LogP contribution in [0.1, 0.15) is 30.9 Å². The summed E-state index contributed by atoms with van der Waals surface area (Å²) in [4.78, 5) is 4.74. The minimum Gasteiger partial charge on any atom is -0.357 e. The maximum Gasteiger partial charge on any atom is 0.240 e. The molecule has 3 rings (SSSR count). The van der Waals surface area contributed by atoms with Gasteiger partial charge in [0.15, 0.2) is 5.96 Å². The Balaban J connectivity index is 0.00000341. The van der Waals surface area contributed by atoms with Crippen LogP contribution in [0.25, 0.3) is 0 Å². The summed E-state index contributed by atoms with van der Waals surface area (Å²) < 4.78 is 41.1. The molecule has 0 aliphatic heterocycles. The van der Waals surface area contributed by atoms with Gasteiger partial charge in [-0.3, -0.25) is 0 Å². The molecule has 0 spiro atoms. The Kier molecular flexibility index (Phi) is 9.92. The summed E-state index contributed by atoms with van der Waals surface area (Å²) >= 11 is 0. The maximum atomic E-state index is 13.3. The van der Waals surface area contributed by atoms with Crippen LogP contribution in [0.2, 0.25) is 0 Å². The average Bonchev–Trinajstić information content (AvgIpc) is 3.24. The van der Waals surface area contributed by atoms with E-state index in [1.807, 2.05) is 13.0 Å². The molecule has 2 aromatic rings. The van der Waals surface area contributed by atoms with Gasteiger partial charge < -0.3 is 10.6 Å². The van der Waals surface area contributed by atoms with Crippen LogP contribution in [0.3, 0.4) is 0 Å². The minimum absolute atomic E-state index is 0. The second-order valence-electron chi connectivity index (χ2n) is 7.08. The first-order valence-electron chi connectivity index (χ1n) is 9.99. The van der Waals surface area contributed by atoms with Crippen molar-refractivity contribution in [1.82, 2.24) is 15.4 Å². The highest BCUT2D eigenvalue weighted by Crippen LogP contribution is 2.14. The van der Waals surface area contributed by atoms with E-state index in [9.17, 15) is 12.8 Å². The fourth-order valence-electron chi connectivity index (χ4n) is 3.14. The quantitative estimate of drug-likeness (QED) is 0.200. The van der Waals surface area contributed by atoms with Crippen LogP contribution < -0.4 is 15.4 Å². The van der Waals surface area contributed by atoms with Crippen LogP contribution >= 0.6 is 24.0 Å². The molecule has 0 atom stereocenters. The molecule has 6 nitrogen and oxygen atoms in total. The largest absolute Gasteiger partial charge is 0.357 e. The first-order chi connectivity index (χ1) is 14.5. The van der Waals surface area contributed by atoms with Gasteiger partial charge in [-0.25, -0.2) is 22.5 Å². The summed E-state index contributed by atoms with van der Waals surface area (Å²) in [5, 5.41) is 6.61. The second kappa shape index (κ2) is 12.2. The molecule has 0 aromatic heterocycles. The molecule has 0 saturated carbocycles. The monoisotopic (exact) mass is 558 g/mol. The van der Waals surface area contributed by atoms with Crippen molar-refractivity contribution in [3.63, 3.8) is 0 Å². The normalized spacial score (nSPS) is 14.3. The van der Waals surface area contributed by atoms with Crippen LogP contribution in [-0.4, -0.2) is 27.0 Å². The predicted octanol–water partition coefficient (Wildman–Crippen LogP) is 3.70. The molecule has 2 aromatic carbocycles. The average molecular weight is 558 g/mol. The van der Waals surface area contributed by atoms with E-state index in [0.29, 0.717) is 24.1 Å². The van der Waals surface area contributed by atoms with E-state index in [0.717, 1.165) is 24.9 Å². The Labute approximate surface area is 200 Å². The molecule has 0 heterocycles. The Hall–Kier alpha value is -1.98. The highest BCUT2D eigenvalue weighted by Gasteiger charge is 2.15. The van der Waals surface area contributed by atoms with Crippen molar-refractivity contribution in [3.8, 4) is 0 Å². The SMILES string of the molecule is CCNC(=NCc1cccc(S(=O)(=O)NCc2cccc(F)c2)c1)NC1CC=CC1.I. The van der Waals surface area contributed by atoms with Gasteiger partial charge >= 0.3 is 0 Å². The molecule has 1 aliphatic carbocycles. The van der Waals surface area contributed by atoms with Gasteiger partial charge in [-0.05, 0) is 55.2 Å². The highest BCUT2D eigenvalue weighted by atomic mass is 127. The van der Waals surface area contributed by atoms with Gasteiger partial charge in [0.1, 0.15) is 5.82 Å². The molecule has 9 heteroatoms. The van der Waals surface area contributed by atoms with Crippen LogP contribution in [0.4, 0.5) is 4.39 Å². The molecule has 31 heavy (non-hydrogen) atoms. The number of nitrogens with zero attached hydrogens (tertiary/aromatic N) is 1. The van der Waals surface area contributed by atoms with E-state index in [4.69, 9.17) is 0 Å². The second-order valence-corrected chi connectivity index (χ2v) is 8.85. The molecule has 0 radical (unpaired) electrons. The molecule has 1 aliphatic rings. The zero-order valence-corrected chi connectivity index (χ0v) is 20.5. The van der Waals surface area contributed by atoms with Crippen molar-refractivity contribution in [2.45, 2.75) is 43.8 Å². The summed E-state index contributed by atoms with van der Waals surface area (Å²) in [5.41, 5.74) is 1.34. The summed E-state index contributed by atoms with van der Waals surface area (Å²) in [6, 6.07) is 12.9. The standard InChI is InChI=1S/C22H27FN4O2S.HI/c1-2-24-22(27-20-10-3-4-11-20)25-15-18-8-6-12-21(14-18)30(28,29)26-16-17-7-5-9-19(23)13-17;/h3-9,12-14,20,26H,2,10-11,15-16H2,1H3,(H2,24,25,27);1H. The van der Waals surface area contributed by atoms with Crippen LogP contribution in [0.5, 0.6) is 0 Å². The highest BCUT2D eigenvalue weighted by molar-refractivity contribution is 14.0. The van der Waals surface area contributed by atoms with Gasteiger partial charge in [0.2, 0.25) is 10.0 Å². The number of halogens is 2. The van der Waals surface area contributed by atoms with E-state index < -0.39 is 15.8 Å². The van der Waals surface area contributed by atoms with Crippen LogP contribution in [0.15, 0.2) is 70.6 Å². The van der Waals surface area contributed by atoms with Crippen molar-refractivity contribution in [1.29, 1.82) is 0 Å². The third kappa shape index (κ3) is 7.89. The van der Waals surface area contributed by atoms with E-state index in [1.165, 1.54) is 18.2 Å². The lowest BCUT2D eigenvalue weighted by atomic mass is 10.2. The van der Waals surface area contributed by atoms with Crippen molar-refractivity contribution < 1.29 is 12.8 Å². The maximum absolute atomic E-state index is 13.3. The molecule has 3 N–H and O–H groups in total. The molecule has 0 saturated heterocycles. The Morgan fingerprint density at radius 3 is 2.52 bits per heavy atom. The summed E-state index contributed by atoms with van der Waals surface area (Å²) in [7, 11) is -3.72. The van der Waals surface area contributed by atoms with Gasteiger partial charge in [0.25, 0.3) is 0 Å². The molecule has 0 unspecified atom stereocenters. The number of hydrogen-bond donors (Lipinski definition) is 3. The van der Waals surface area contributed by atoms with E-state index >= 15 is 0 Å². The third-order valence-corrected chi connectivity index (χ3v) is 6.08.